The van der Waals surface area contributed by atoms with Gasteiger partial charge in [-0.15, -0.1) is 0 Å². The van der Waals surface area contributed by atoms with Crippen molar-refractivity contribution in [2.75, 3.05) is 40.4 Å². The van der Waals surface area contributed by atoms with Crippen molar-refractivity contribution < 1.29 is 4.74 Å². The summed E-state index contributed by atoms with van der Waals surface area (Å²) in [6, 6.07) is 0.634. The summed E-state index contributed by atoms with van der Waals surface area (Å²) >= 11 is 0. The number of nitrogens with one attached hydrogen (secondary N) is 1. The molecule has 3 nitrogen and oxygen atoms in total. The van der Waals surface area contributed by atoms with Gasteiger partial charge in [0.25, 0.3) is 0 Å². The van der Waals surface area contributed by atoms with Crippen LogP contribution in [0.25, 0.3) is 0 Å². The number of nitrogens with zero attached hydrogens (tertiary/aromatic N) is 1. The third-order valence-corrected chi connectivity index (χ3v) is 4.17. The van der Waals surface area contributed by atoms with Crippen molar-refractivity contribution in [2.24, 2.45) is 5.41 Å². The third kappa shape index (κ3) is 3.44. The van der Waals surface area contributed by atoms with E-state index in [1.54, 1.807) is 0 Å². The van der Waals surface area contributed by atoms with Gasteiger partial charge < -0.3 is 15.0 Å². The van der Waals surface area contributed by atoms with E-state index in [1.807, 2.05) is 0 Å². The molecule has 0 aromatic rings. The molecule has 16 heavy (non-hydrogen) atoms. The van der Waals surface area contributed by atoms with E-state index in [9.17, 15) is 0 Å². The number of hydrogen-bond acceptors (Lipinski definition) is 3. The largest absolute Gasteiger partial charge is 0.380 e. The first-order valence-corrected chi connectivity index (χ1v) is 6.60. The molecule has 0 spiro atoms. The van der Waals surface area contributed by atoms with Gasteiger partial charge >= 0.3 is 0 Å². The molecular formula is C13H28N2O. The highest BCUT2D eigenvalue weighted by Crippen LogP contribution is 2.28. The molecular weight excluding hydrogens is 200 g/mol. The summed E-state index contributed by atoms with van der Waals surface area (Å²) < 4.78 is 5.46. The standard InChI is InChI=1S/C13H28N2O/c1-5-13(6-2,10-14-3)11-15(4)12-7-8-16-9-12/h12,14H,5-11H2,1-4H3. The van der Waals surface area contributed by atoms with Crippen LogP contribution in [0.3, 0.4) is 0 Å². The molecule has 1 aliphatic heterocycles. The lowest BCUT2D eigenvalue weighted by Gasteiger charge is -2.37. The molecule has 1 fully saturated rings. The SMILES string of the molecule is CCC(CC)(CNC)CN(C)C1CCOC1. The lowest BCUT2D eigenvalue weighted by molar-refractivity contribution is 0.107. The maximum absolute atomic E-state index is 5.46. The normalized spacial score (nSPS) is 21.9. The molecule has 0 aliphatic carbocycles. The molecule has 1 atom stereocenters. The second kappa shape index (κ2) is 6.58. The number of hydrogen-bond donors (Lipinski definition) is 1. The smallest absolute Gasteiger partial charge is 0.0622 e. The highest BCUT2D eigenvalue weighted by molar-refractivity contribution is 4.84. The molecule has 1 N–H and O–H groups in total. The van der Waals surface area contributed by atoms with Crippen molar-refractivity contribution in [3.05, 3.63) is 0 Å². The monoisotopic (exact) mass is 228 g/mol. The molecule has 1 saturated heterocycles. The zero-order valence-electron chi connectivity index (χ0n) is 11.4. The molecule has 0 saturated carbocycles. The molecule has 0 amide bonds. The van der Waals surface area contributed by atoms with Gasteiger partial charge in [-0.3, -0.25) is 0 Å². The van der Waals surface area contributed by atoms with E-state index in [4.69, 9.17) is 4.74 Å². The topological polar surface area (TPSA) is 24.5 Å². The van der Waals surface area contributed by atoms with E-state index in [2.05, 4.69) is 38.2 Å². The zero-order valence-corrected chi connectivity index (χ0v) is 11.4. The molecule has 1 rings (SSSR count). The molecule has 1 aliphatic rings. The first-order chi connectivity index (χ1) is 7.67. The van der Waals surface area contributed by atoms with Crippen molar-refractivity contribution in [1.82, 2.24) is 10.2 Å². The second-order valence-electron chi connectivity index (χ2n) is 5.17. The van der Waals surface area contributed by atoms with Gasteiger partial charge in [0.05, 0.1) is 6.61 Å². The van der Waals surface area contributed by atoms with Gasteiger partial charge in [-0.1, -0.05) is 13.8 Å². The summed E-state index contributed by atoms with van der Waals surface area (Å²) in [5.74, 6) is 0. The Morgan fingerprint density at radius 2 is 2.06 bits per heavy atom. The summed E-state index contributed by atoms with van der Waals surface area (Å²) in [5, 5.41) is 3.35. The Kier molecular flexibility index (Phi) is 5.73. The number of likely N-dealkylation sites (N-methyl/N-ethyl adjacent to an activating group) is 1. The average Bonchev–Trinajstić information content (AvgIpc) is 2.82. The predicted octanol–water partition coefficient (Wildman–Crippen LogP) is 1.73. The Morgan fingerprint density at radius 1 is 1.38 bits per heavy atom. The second-order valence-corrected chi connectivity index (χ2v) is 5.17. The molecule has 3 heteroatoms. The van der Waals surface area contributed by atoms with Gasteiger partial charge in [0.15, 0.2) is 0 Å². The average molecular weight is 228 g/mol. The lowest BCUT2D eigenvalue weighted by Crippen LogP contribution is -2.45. The Bertz CT molecular complexity index is 186. The highest BCUT2D eigenvalue weighted by Gasteiger charge is 2.30. The summed E-state index contributed by atoms with van der Waals surface area (Å²) in [7, 11) is 4.30. The van der Waals surface area contributed by atoms with E-state index in [0.29, 0.717) is 11.5 Å². The van der Waals surface area contributed by atoms with Crippen LogP contribution in [-0.2, 0) is 4.74 Å². The van der Waals surface area contributed by atoms with E-state index < -0.39 is 0 Å². The van der Waals surface area contributed by atoms with Crippen molar-refractivity contribution in [3.63, 3.8) is 0 Å². The van der Waals surface area contributed by atoms with Gasteiger partial charge in [-0.25, -0.2) is 0 Å². The minimum Gasteiger partial charge on any atom is -0.380 e. The fourth-order valence-electron chi connectivity index (χ4n) is 2.68. The van der Waals surface area contributed by atoms with E-state index in [-0.39, 0.29) is 0 Å². The van der Waals surface area contributed by atoms with Crippen LogP contribution in [0.15, 0.2) is 0 Å². The Labute approximate surface area is 101 Å². The van der Waals surface area contributed by atoms with Crippen LogP contribution in [0.4, 0.5) is 0 Å². The number of ether oxygens (including phenoxy) is 1. The molecule has 1 unspecified atom stereocenters. The maximum Gasteiger partial charge on any atom is 0.0622 e. The zero-order chi connectivity index (χ0) is 12.0. The van der Waals surface area contributed by atoms with E-state index >= 15 is 0 Å². The van der Waals surface area contributed by atoms with Crippen LogP contribution in [0.5, 0.6) is 0 Å². The minimum atomic E-state index is 0.423. The fraction of sp³-hybridized carbons (Fsp3) is 1.00. The Balaban J connectivity index is 2.52. The minimum absolute atomic E-state index is 0.423. The summed E-state index contributed by atoms with van der Waals surface area (Å²) in [4.78, 5) is 2.50. The Hall–Kier alpha value is -0.120. The third-order valence-electron chi connectivity index (χ3n) is 4.17. The predicted molar refractivity (Wildman–Crippen MR) is 68.8 cm³/mol. The van der Waals surface area contributed by atoms with Crippen molar-refractivity contribution >= 4 is 0 Å². The van der Waals surface area contributed by atoms with Gasteiger partial charge in [0, 0.05) is 25.7 Å². The van der Waals surface area contributed by atoms with Gasteiger partial charge in [-0.2, -0.15) is 0 Å². The van der Waals surface area contributed by atoms with Crippen LogP contribution in [0, 0.1) is 5.41 Å². The Morgan fingerprint density at radius 3 is 2.50 bits per heavy atom. The van der Waals surface area contributed by atoms with Crippen LogP contribution < -0.4 is 5.32 Å². The van der Waals surface area contributed by atoms with Crippen LogP contribution in [0.2, 0.25) is 0 Å². The quantitative estimate of drug-likeness (QED) is 0.718. The summed E-state index contributed by atoms with van der Waals surface area (Å²) in [6.07, 6.45) is 3.67. The summed E-state index contributed by atoms with van der Waals surface area (Å²) in [5.41, 5.74) is 0.423. The molecule has 1 heterocycles. The fourth-order valence-corrected chi connectivity index (χ4v) is 2.68. The van der Waals surface area contributed by atoms with Gasteiger partial charge in [-0.05, 0) is 38.8 Å². The number of rotatable bonds is 7. The summed E-state index contributed by atoms with van der Waals surface area (Å²) in [6.45, 7) is 8.75. The van der Waals surface area contributed by atoms with E-state index in [0.717, 1.165) is 19.8 Å². The van der Waals surface area contributed by atoms with Crippen molar-refractivity contribution in [1.29, 1.82) is 0 Å². The van der Waals surface area contributed by atoms with Crippen LogP contribution >= 0.6 is 0 Å². The lowest BCUT2D eigenvalue weighted by atomic mass is 9.81. The molecule has 0 aromatic carbocycles. The van der Waals surface area contributed by atoms with Crippen LogP contribution in [0.1, 0.15) is 33.1 Å². The van der Waals surface area contributed by atoms with E-state index in [1.165, 1.54) is 25.8 Å². The first kappa shape index (κ1) is 13.9. The van der Waals surface area contributed by atoms with Crippen LogP contribution in [-0.4, -0.2) is 51.3 Å². The first-order valence-electron chi connectivity index (χ1n) is 6.60. The van der Waals surface area contributed by atoms with Crippen molar-refractivity contribution in [3.8, 4) is 0 Å². The maximum atomic E-state index is 5.46. The molecule has 0 radical (unpaired) electrons. The van der Waals surface area contributed by atoms with Crippen molar-refractivity contribution in [2.45, 2.75) is 39.2 Å². The molecule has 0 aromatic heterocycles. The van der Waals surface area contributed by atoms with Gasteiger partial charge in [0.1, 0.15) is 0 Å². The highest BCUT2D eigenvalue weighted by atomic mass is 16.5. The van der Waals surface area contributed by atoms with Gasteiger partial charge in [0.2, 0.25) is 0 Å². The molecule has 0 bridgehead atoms. The molecule has 96 valence electrons.